The number of carbonyl (C=O) groups is 2. The molecule has 0 aromatic heterocycles. The minimum absolute atomic E-state index is 0.0713. The Morgan fingerprint density at radius 3 is 2.65 bits per heavy atom. The highest BCUT2D eigenvalue weighted by atomic mass is 16.5. The van der Waals surface area contributed by atoms with Gasteiger partial charge in [-0.05, 0) is 24.1 Å². The molecule has 0 saturated heterocycles. The van der Waals surface area contributed by atoms with Crippen LogP contribution in [0.3, 0.4) is 0 Å². The molecule has 0 radical (unpaired) electrons. The van der Waals surface area contributed by atoms with Crippen LogP contribution in [0.2, 0.25) is 0 Å². The van der Waals surface area contributed by atoms with Crippen molar-refractivity contribution in [3.63, 3.8) is 0 Å². The molecule has 0 aliphatic carbocycles. The van der Waals surface area contributed by atoms with E-state index in [2.05, 4.69) is 10.1 Å². The van der Waals surface area contributed by atoms with Gasteiger partial charge in [0.2, 0.25) is 0 Å². The molecular formula is C15H20N2O3. The lowest BCUT2D eigenvalue weighted by Gasteiger charge is -2.09. The van der Waals surface area contributed by atoms with E-state index < -0.39 is 6.09 Å². The van der Waals surface area contributed by atoms with Gasteiger partial charge in [-0.25, -0.2) is 4.79 Å². The minimum atomic E-state index is -0.492. The first-order chi connectivity index (χ1) is 9.43. The zero-order valence-corrected chi connectivity index (χ0v) is 12.3. The molecule has 1 amide bonds. The third-order valence-electron chi connectivity index (χ3n) is 2.77. The summed E-state index contributed by atoms with van der Waals surface area (Å²) in [6.45, 7) is 2.26. The number of alkyl carbamates (subject to hydrolysis) is 1. The molecule has 1 N–H and O–H groups in total. The number of nitrogens with zero attached hydrogens (tertiary/aromatic N) is 1. The van der Waals surface area contributed by atoms with Gasteiger partial charge in [-0.1, -0.05) is 12.1 Å². The summed E-state index contributed by atoms with van der Waals surface area (Å²) in [4.78, 5) is 24.9. The van der Waals surface area contributed by atoms with Crippen molar-refractivity contribution in [1.82, 2.24) is 10.2 Å². The van der Waals surface area contributed by atoms with Crippen LogP contribution in [0.1, 0.15) is 21.5 Å². The van der Waals surface area contributed by atoms with Crippen LogP contribution >= 0.6 is 0 Å². The van der Waals surface area contributed by atoms with E-state index in [9.17, 15) is 9.59 Å². The van der Waals surface area contributed by atoms with Crippen molar-refractivity contribution < 1.29 is 14.3 Å². The summed E-state index contributed by atoms with van der Waals surface area (Å²) in [6.07, 6.45) is 2.73. The van der Waals surface area contributed by atoms with E-state index in [0.717, 1.165) is 11.1 Å². The second-order valence-electron chi connectivity index (χ2n) is 4.63. The van der Waals surface area contributed by atoms with Gasteiger partial charge in [-0.2, -0.15) is 0 Å². The predicted molar refractivity (Wildman–Crippen MR) is 77.6 cm³/mol. The number of allylic oxidation sites excluding steroid dienone is 1. The van der Waals surface area contributed by atoms with E-state index in [4.69, 9.17) is 0 Å². The minimum Gasteiger partial charge on any atom is -0.453 e. The standard InChI is InChI=1S/C15H20N2O3/c1-11-5-6-12(14(18)7-8-17(2)3)9-13(11)10-16-15(19)20-4/h5-9H,10H2,1-4H3,(H,16,19)/b8-7+. The highest BCUT2D eigenvalue weighted by molar-refractivity contribution is 6.04. The molecule has 0 aliphatic heterocycles. The molecule has 0 atom stereocenters. The van der Waals surface area contributed by atoms with E-state index in [1.165, 1.54) is 13.2 Å². The first-order valence-electron chi connectivity index (χ1n) is 6.24. The number of ether oxygens (including phenoxy) is 1. The average Bonchev–Trinajstić information content (AvgIpc) is 2.43. The summed E-state index contributed by atoms with van der Waals surface area (Å²) >= 11 is 0. The lowest BCUT2D eigenvalue weighted by molar-refractivity contribution is 0.104. The van der Waals surface area contributed by atoms with Gasteiger partial charge in [-0.3, -0.25) is 4.79 Å². The number of carbonyl (C=O) groups excluding carboxylic acids is 2. The van der Waals surface area contributed by atoms with Crippen LogP contribution in [-0.2, 0) is 11.3 Å². The summed E-state index contributed by atoms with van der Waals surface area (Å²) in [5.41, 5.74) is 2.49. The van der Waals surface area contributed by atoms with E-state index >= 15 is 0 Å². The third kappa shape index (κ3) is 4.76. The fraction of sp³-hybridized carbons (Fsp3) is 0.333. The number of hydrogen-bond acceptors (Lipinski definition) is 4. The Morgan fingerprint density at radius 2 is 2.05 bits per heavy atom. The summed E-state index contributed by atoms with van der Waals surface area (Å²) < 4.78 is 4.52. The van der Waals surface area contributed by atoms with E-state index in [1.54, 1.807) is 23.2 Å². The van der Waals surface area contributed by atoms with Crippen molar-refractivity contribution in [3.05, 3.63) is 47.2 Å². The number of aryl methyl sites for hydroxylation is 1. The fourth-order valence-electron chi connectivity index (χ4n) is 1.57. The first kappa shape index (κ1) is 15.8. The second kappa shape index (κ2) is 7.33. The van der Waals surface area contributed by atoms with Gasteiger partial charge in [0.05, 0.1) is 7.11 Å². The van der Waals surface area contributed by atoms with Crippen molar-refractivity contribution in [1.29, 1.82) is 0 Å². The average molecular weight is 276 g/mol. The van der Waals surface area contributed by atoms with Gasteiger partial charge < -0.3 is 15.0 Å². The Balaban J connectivity index is 2.85. The third-order valence-corrected chi connectivity index (χ3v) is 2.77. The van der Waals surface area contributed by atoms with Crippen LogP contribution < -0.4 is 5.32 Å². The monoisotopic (exact) mass is 276 g/mol. The zero-order valence-electron chi connectivity index (χ0n) is 12.3. The van der Waals surface area contributed by atoms with Crippen molar-refractivity contribution in [2.75, 3.05) is 21.2 Å². The lowest BCUT2D eigenvalue weighted by atomic mass is 10.0. The Hall–Kier alpha value is -2.30. The van der Waals surface area contributed by atoms with Gasteiger partial charge in [0, 0.05) is 38.5 Å². The van der Waals surface area contributed by atoms with Crippen LogP contribution in [-0.4, -0.2) is 38.0 Å². The number of ketones is 1. The molecule has 0 saturated carbocycles. The number of methoxy groups -OCH3 is 1. The number of nitrogens with one attached hydrogen (secondary N) is 1. The van der Waals surface area contributed by atoms with Crippen molar-refractivity contribution in [2.45, 2.75) is 13.5 Å². The quantitative estimate of drug-likeness (QED) is 0.661. The van der Waals surface area contributed by atoms with Crippen LogP contribution in [0.25, 0.3) is 0 Å². The molecule has 0 spiro atoms. The van der Waals surface area contributed by atoms with Crippen molar-refractivity contribution >= 4 is 11.9 Å². The molecule has 1 aromatic rings. The maximum Gasteiger partial charge on any atom is 0.407 e. The molecule has 0 fully saturated rings. The molecule has 1 rings (SSSR count). The summed E-state index contributed by atoms with van der Waals surface area (Å²) in [5.74, 6) is -0.0713. The molecular weight excluding hydrogens is 256 g/mol. The van der Waals surface area contributed by atoms with Gasteiger partial charge in [0.25, 0.3) is 0 Å². The SMILES string of the molecule is COC(=O)NCc1cc(C(=O)/C=C/N(C)C)ccc1C. The molecule has 20 heavy (non-hydrogen) atoms. The summed E-state index contributed by atoms with van der Waals surface area (Å²) in [5, 5.41) is 2.61. The van der Waals surface area contributed by atoms with Crippen LogP contribution in [0, 0.1) is 6.92 Å². The van der Waals surface area contributed by atoms with Crippen LogP contribution in [0.4, 0.5) is 4.79 Å². The molecule has 108 valence electrons. The molecule has 5 nitrogen and oxygen atoms in total. The van der Waals surface area contributed by atoms with Crippen LogP contribution in [0.15, 0.2) is 30.5 Å². The van der Waals surface area contributed by atoms with Gasteiger partial charge >= 0.3 is 6.09 Å². The Bertz CT molecular complexity index is 522. The zero-order chi connectivity index (χ0) is 15.1. The largest absolute Gasteiger partial charge is 0.453 e. The van der Waals surface area contributed by atoms with Gasteiger partial charge in [0.15, 0.2) is 5.78 Å². The maximum atomic E-state index is 12.0. The summed E-state index contributed by atoms with van der Waals surface area (Å²) in [6, 6.07) is 5.43. The lowest BCUT2D eigenvalue weighted by Crippen LogP contribution is -2.22. The van der Waals surface area contributed by atoms with Crippen molar-refractivity contribution in [2.24, 2.45) is 0 Å². The smallest absolute Gasteiger partial charge is 0.407 e. The number of rotatable bonds is 5. The first-order valence-corrected chi connectivity index (χ1v) is 6.24. The van der Waals surface area contributed by atoms with Crippen LogP contribution in [0.5, 0.6) is 0 Å². The second-order valence-corrected chi connectivity index (χ2v) is 4.63. The Morgan fingerprint density at radius 1 is 1.35 bits per heavy atom. The maximum absolute atomic E-state index is 12.0. The fourth-order valence-corrected chi connectivity index (χ4v) is 1.57. The van der Waals surface area contributed by atoms with E-state index in [0.29, 0.717) is 12.1 Å². The molecule has 0 unspecified atom stereocenters. The normalized spacial score (nSPS) is 10.4. The highest BCUT2D eigenvalue weighted by Gasteiger charge is 2.07. The van der Waals surface area contributed by atoms with E-state index in [-0.39, 0.29) is 5.78 Å². The highest BCUT2D eigenvalue weighted by Crippen LogP contribution is 2.12. The number of benzene rings is 1. The molecule has 0 bridgehead atoms. The number of hydrogen-bond donors (Lipinski definition) is 1. The van der Waals surface area contributed by atoms with Gasteiger partial charge in [-0.15, -0.1) is 0 Å². The van der Waals surface area contributed by atoms with E-state index in [1.807, 2.05) is 27.1 Å². The molecule has 0 aliphatic rings. The molecule has 0 heterocycles. The topological polar surface area (TPSA) is 58.6 Å². The van der Waals surface area contributed by atoms with Crippen molar-refractivity contribution in [3.8, 4) is 0 Å². The molecule has 5 heteroatoms. The molecule has 1 aromatic carbocycles. The predicted octanol–water partition coefficient (Wildman–Crippen LogP) is 2.11. The van der Waals surface area contributed by atoms with Gasteiger partial charge in [0.1, 0.15) is 0 Å². The Kier molecular flexibility index (Phi) is 5.77. The summed E-state index contributed by atoms with van der Waals surface area (Å²) in [7, 11) is 5.02. The number of amides is 1. The Labute approximate surface area is 119 Å².